The minimum absolute atomic E-state index is 0.120. The Kier molecular flexibility index (Phi) is 10.1. The number of ether oxygens (including phenoxy) is 2. The third-order valence-corrected chi connectivity index (χ3v) is 6.18. The molecular weight excluding hydrogens is 424 g/mol. The maximum absolute atomic E-state index is 13.1. The van der Waals surface area contributed by atoms with Crippen LogP contribution in [0.1, 0.15) is 45.4 Å². The highest BCUT2D eigenvalue weighted by Gasteiger charge is 2.28. The summed E-state index contributed by atoms with van der Waals surface area (Å²) in [4.78, 5) is 31.0. The number of carbonyl (C=O) groups is 2. The number of hydroxylamine groups is 2. The summed E-state index contributed by atoms with van der Waals surface area (Å²) in [6.07, 6.45) is 5.84. The van der Waals surface area contributed by atoms with E-state index in [0.29, 0.717) is 45.2 Å². The second kappa shape index (κ2) is 13.3. The van der Waals surface area contributed by atoms with Gasteiger partial charge in [-0.1, -0.05) is 32.1 Å². The van der Waals surface area contributed by atoms with Crippen molar-refractivity contribution in [2.45, 2.75) is 57.5 Å². The predicted molar refractivity (Wildman–Crippen MR) is 126 cm³/mol. The molecule has 2 amide bonds. The molecule has 2 fully saturated rings. The summed E-state index contributed by atoms with van der Waals surface area (Å²) >= 11 is 0. The molecule has 9 nitrogen and oxygen atoms in total. The van der Waals surface area contributed by atoms with Gasteiger partial charge in [-0.05, 0) is 43.5 Å². The van der Waals surface area contributed by atoms with Gasteiger partial charge in [0.15, 0.2) is 0 Å². The summed E-state index contributed by atoms with van der Waals surface area (Å²) in [6.45, 7) is 4.61. The van der Waals surface area contributed by atoms with Crippen molar-refractivity contribution in [3.05, 3.63) is 24.3 Å². The predicted octanol–water partition coefficient (Wildman–Crippen LogP) is 2.92. The van der Waals surface area contributed by atoms with Crippen LogP contribution in [0.25, 0.3) is 0 Å². The molecule has 0 aromatic heterocycles. The molecule has 1 aliphatic carbocycles. The number of nitrogens with one attached hydrogen (secondary N) is 3. The van der Waals surface area contributed by atoms with Crippen LogP contribution in [0.2, 0.25) is 0 Å². The maximum Gasteiger partial charge on any atom is 0.426 e. The number of methoxy groups -OCH3 is 1. The highest BCUT2D eigenvalue weighted by Crippen LogP contribution is 2.27. The second-order valence-electron chi connectivity index (χ2n) is 8.88. The highest BCUT2D eigenvalue weighted by molar-refractivity contribution is 5.85. The molecule has 1 heterocycles. The van der Waals surface area contributed by atoms with Crippen LogP contribution >= 0.6 is 0 Å². The monoisotopic (exact) mass is 462 g/mol. The number of hydrogen-bond donors (Lipinski definition) is 3. The van der Waals surface area contributed by atoms with E-state index in [4.69, 9.17) is 14.3 Å². The first-order chi connectivity index (χ1) is 16.0. The van der Waals surface area contributed by atoms with Gasteiger partial charge in [0, 0.05) is 18.3 Å². The summed E-state index contributed by atoms with van der Waals surface area (Å²) in [5, 5.41) is 10.7. The lowest BCUT2D eigenvalue weighted by atomic mass is 9.84. The number of rotatable bonds is 10. The first-order valence-electron chi connectivity index (χ1n) is 12.0. The van der Waals surface area contributed by atoms with Gasteiger partial charge in [0.25, 0.3) is 0 Å². The highest BCUT2D eigenvalue weighted by atomic mass is 16.7. The fourth-order valence-electron chi connectivity index (χ4n) is 4.29. The first kappa shape index (κ1) is 25.1. The standard InChI is InChI=1S/C24H38N4O5/c1-18(17-25-20-8-10-21(31-2)11-9-20)26-23(29)22(16-19-6-4-3-5-7-19)27-24(30)33-28-12-14-32-15-13-28/h8-11,18-19,22,25H,3-7,12-17H2,1-2H3,(H,26,29)(H,27,30)/t18-,22-/m0/s1. The number of nitrogens with zero attached hydrogens (tertiary/aromatic N) is 1. The number of morpholine rings is 1. The van der Waals surface area contributed by atoms with Gasteiger partial charge >= 0.3 is 6.09 Å². The average Bonchev–Trinajstić information content (AvgIpc) is 2.84. The zero-order valence-electron chi connectivity index (χ0n) is 19.8. The summed E-state index contributed by atoms with van der Waals surface area (Å²) in [5.41, 5.74) is 0.947. The third kappa shape index (κ3) is 8.74. The molecule has 2 aliphatic rings. The molecule has 0 bridgehead atoms. The van der Waals surface area contributed by atoms with Gasteiger partial charge in [-0.25, -0.2) is 4.79 Å². The van der Waals surface area contributed by atoms with E-state index in [0.717, 1.165) is 24.3 Å². The fourth-order valence-corrected chi connectivity index (χ4v) is 4.29. The van der Waals surface area contributed by atoms with Gasteiger partial charge in [0.1, 0.15) is 11.8 Å². The van der Waals surface area contributed by atoms with Crippen molar-refractivity contribution in [1.29, 1.82) is 0 Å². The Hall–Kier alpha value is -2.52. The smallest absolute Gasteiger partial charge is 0.426 e. The van der Waals surface area contributed by atoms with Crippen LogP contribution in [-0.4, -0.2) is 69.1 Å². The molecular formula is C24H38N4O5. The van der Waals surface area contributed by atoms with Crippen LogP contribution in [0.5, 0.6) is 5.75 Å². The molecule has 1 saturated heterocycles. The van der Waals surface area contributed by atoms with Crippen LogP contribution < -0.4 is 20.7 Å². The summed E-state index contributed by atoms with van der Waals surface area (Å²) in [5.74, 6) is 1.05. The van der Waals surface area contributed by atoms with Gasteiger partial charge in [0.2, 0.25) is 5.91 Å². The van der Waals surface area contributed by atoms with Crippen LogP contribution in [-0.2, 0) is 14.4 Å². The number of benzene rings is 1. The average molecular weight is 463 g/mol. The molecule has 1 saturated carbocycles. The molecule has 0 unspecified atom stereocenters. The zero-order valence-corrected chi connectivity index (χ0v) is 19.8. The van der Waals surface area contributed by atoms with E-state index in [-0.39, 0.29) is 11.9 Å². The zero-order chi connectivity index (χ0) is 23.5. The lowest BCUT2D eigenvalue weighted by Crippen LogP contribution is -2.52. The van der Waals surface area contributed by atoms with E-state index < -0.39 is 12.1 Å². The molecule has 1 aromatic rings. The first-order valence-corrected chi connectivity index (χ1v) is 12.0. The number of carbonyl (C=O) groups excluding carboxylic acids is 2. The van der Waals surface area contributed by atoms with Crippen molar-refractivity contribution in [2.24, 2.45) is 5.92 Å². The van der Waals surface area contributed by atoms with Crippen LogP contribution in [0, 0.1) is 5.92 Å². The quantitative estimate of drug-likeness (QED) is 0.491. The summed E-state index contributed by atoms with van der Waals surface area (Å²) in [7, 11) is 1.63. The van der Waals surface area contributed by atoms with Gasteiger partial charge in [-0.3, -0.25) is 4.79 Å². The minimum Gasteiger partial charge on any atom is -0.497 e. The molecule has 3 N–H and O–H groups in total. The Labute approximate surface area is 196 Å². The molecule has 3 rings (SSSR count). The van der Waals surface area contributed by atoms with Crippen molar-refractivity contribution >= 4 is 17.7 Å². The van der Waals surface area contributed by atoms with E-state index in [1.54, 1.807) is 12.2 Å². The topological polar surface area (TPSA) is 101 Å². The molecule has 2 atom stereocenters. The van der Waals surface area contributed by atoms with Crippen LogP contribution in [0.4, 0.5) is 10.5 Å². The SMILES string of the molecule is COc1ccc(NC[C@H](C)NC(=O)[C@H](CC2CCCCC2)NC(=O)ON2CCOCC2)cc1. The molecule has 184 valence electrons. The van der Waals surface area contributed by atoms with Crippen LogP contribution in [0.3, 0.4) is 0 Å². The summed E-state index contributed by atoms with van der Waals surface area (Å²) in [6, 6.07) is 6.90. The van der Waals surface area contributed by atoms with E-state index in [1.807, 2.05) is 31.2 Å². The van der Waals surface area contributed by atoms with E-state index in [2.05, 4.69) is 16.0 Å². The third-order valence-electron chi connectivity index (χ3n) is 6.18. The van der Waals surface area contributed by atoms with Gasteiger partial charge in [-0.15, -0.1) is 5.06 Å². The van der Waals surface area contributed by atoms with Crippen LogP contribution in [0.15, 0.2) is 24.3 Å². The Morgan fingerprint density at radius 3 is 2.45 bits per heavy atom. The molecule has 0 radical (unpaired) electrons. The fraction of sp³-hybridized carbons (Fsp3) is 0.667. The van der Waals surface area contributed by atoms with Crippen molar-refractivity contribution in [3.8, 4) is 5.75 Å². The molecule has 1 aromatic carbocycles. The van der Waals surface area contributed by atoms with E-state index >= 15 is 0 Å². The normalized spacial score (nSPS) is 19.2. The van der Waals surface area contributed by atoms with Gasteiger partial charge < -0.3 is 30.3 Å². The Morgan fingerprint density at radius 2 is 1.79 bits per heavy atom. The Morgan fingerprint density at radius 1 is 1.09 bits per heavy atom. The lowest BCUT2D eigenvalue weighted by Gasteiger charge is -2.29. The molecule has 9 heteroatoms. The van der Waals surface area contributed by atoms with Gasteiger partial charge in [-0.2, -0.15) is 0 Å². The Bertz CT molecular complexity index is 733. The number of anilines is 1. The van der Waals surface area contributed by atoms with Crippen molar-refractivity contribution in [3.63, 3.8) is 0 Å². The van der Waals surface area contributed by atoms with Crippen molar-refractivity contribution in [2.75, 3.05) is 45.3 Å². The summed E-state index contributed by atoms with van der Waals surface area (Å²) < 4.78 is 10.5. The number of amides is 2. The molecule has 0 spiro atoms. The largest absolute Gasteiger partial charge is 0.497 e. The molecule has 33 heavy (non-hydrogen) atoms. The van der Waals surface area contributed by atoms with Crippen molar-refractivity contribution < 1.29 is 23.9 Å². The second-order valence-corrected chi connectivity index (χ2v) is 8.88. The van der Waals surface area contributed by atoms with E-state index in [1.165, 1.54) is 19.3 Å². The number of hydrogen-bond acceptors (Lipinski definition) is 7. The van der Waals surface area contributed by atoms with Gasteiger partial charge in [0.05, 0.1) is 33.4 Å². The van der Waals surface area contributed by atoms with Crippen molar-refractivity contribution in [1.82, 2.24) is 15.7 Å². The Balaban J connectivity index is 1.51. The van der Waals surface area contributed by atoms with E-state index in [9.17, 15) is 9.59 Å². The lowest BCUT2D eigenvalue weighted by molar-refractivity contribution is -0.147. The molecule has 1 aliphatic heterocycles. The maximum atomic E-state index is 13.1. The minimum atomic E-state index is -0.620.